The van der Waals surface area contributed by atoms with E-state index in [2.05, 4.69) is 9.98 Å². The highest BCUT2D eigenvalue weighted by atomic mass is 16.6. The van der Waals surface area contributed by atoms with E-state index in [0.29, 0.717) is 61.3 Å². The number of quaternary nitrogens is 1. The minimum Gasteiger partial charge on any atom is -0.871 e. The number of morpholine rings is 1. The Morgan fingerprint density at radius 2 is 2.10 bits per heavy atom. The third-order valence-corrected chi connectivity index (χ3v) is 5.72. The van der Waals surface area contributed by atoms with Crippen LogP contribution in [0.4, 0.5) is 0 Å². The molecular formula is C21H22N4O4. The Morgan fingerprint density at radius 1 is 1.28 bits per heavy atom. The van der Waals surface area contributed by atoms with E-state index >= 15 is 0 Å². The summed E-state index contributed by atoms with van der Waals surface area (Å²) in [4.78, 5) is 9.13. The van der Waals surface area contributed by atoms with Crippen LogP contribution in [0.2, 0.25) is 0 Å². The van der Waals surface area contributed by atoms with Crippen LogP contribution in [0.15, 0.2) is 41.7 Å². The van der Waals surface area contributed by atoms with Gasteiger partial charge in [0.25, 0.3) is 0 Å². The monoisotopic (exact) mass is 394 g/mol. The van der Waals surface area contributed by atoms with Gasteiger partial charge in [-0.3, -0.25) is 9.39 Å². The van der Waals surface area contributed by atoms with Gasteiger partial charge in [0.2, 0.25) is 0 Å². The molecule has 1 saturated heterocycles. The van der Waals surface area contributed by atoms with Crippen molar-refractivity contribution in [1.82, 2.24) is 9.38 Å². The van der Waals surface area contributed by atoms with Crippen LogP contribution in [0.3, 0.4) is 0 Å². The van der Waals surface area contributed by atoms with E-state index < -0.39 is 0 Å². The summed E-state index contributed by atoms with van der Waals surface area (Å²) >= 11 is 0. The van der Waals surface area contributed by atoms with E-state index in [4.69, 9.17) is 9.47 Å². The second kappa shape index (κ2) is 6.84. The highest BCUT2D eigenvalue weighted by Crippen LogP contribution is 2.34. The van der Waals surface area contributed by atoms with Gasteiger partial charge in [-0.1, -0.05) is 5.75 Å². The van der Waals surface area contributed by atoms with Crippen LogP contribution in [-0.2, 0) is 4.74 Å². The maximum Gasteiger partial charge on any atom is 0.132 e. The molecule has 0 atom stereocenters. The van der Waals surface area contributed by atoms with Gasteiger partial charge < -0.3 is 14.6 Å². The van der Waals surface area contributed by atoms with Crippen molar-refractivity contribution in [1.29, 1.82) is 0 Å². The van der Waals surface area contributed by atoms with Gasteiger partial charge in [-0.05, 0) is 35.7 Å². The lowest BCUT2D eigenvalue weighted by molar-refractivity contribution is -1.10. The summed E-state index contributed by atoms with van der Waals surface area (Å²) in [5.74, 6) is 0.542. The molecule has 3 heterocycles. The van der Waals surface area contributed by atoms with E-state index in [1.165, 1.54) is 0 Å². The lowest BCUT2D eigenvalue weighted by Gasteiger charge is -2.32. The molecule has 0 aliphatic carbocycles. The molecule has 150 valence electrons. The van der Waals surface area contributed by atoms with E-state index in [9.17, 15) is 10.3 Å². The van der Waals surface area contributed by atoms with E-state index in [1.54, 1.807) is 19.5 Å². The van der Waals surface area contributed by atoms with E-state index in [0.717, 1.165) is 16.6 Å². The van der Waals surface area contributed by atoms with Gasteiger partial charge in [-0.2, -0.15) is 4.65 Å². The number of rotatable bonds is 4. The summed E-state index contributed by atoms with van der Waals surface area (Å²) in [7, 11) is 1.58. The number of nitrogens with zero attached hydrogens (tertiary/aromatic N) is 4. The van der Waals surface area contributed by atoms with Crippen molar-refractivity contribution < 1.29 is 24.4 Å². The quantitative estimate of drug-likeness (QED) is 0.416. The van der Waals surface area contributed by atoms with Gasteiger partial charge in [0.1, 0.15) is 31.7 Å². The van der Waals surface area contributed by atoms with Crippen molar-refractivity contribution in [3.8, 4) is 11.5 Å². The zero-order valence-corrected chi connectivity index (χ0v) is 16.2. The number of ether oxygens (including phenoxy) is 2. The Morgan fingerprint density at radius 3 is 2.90 bits per heavy atom. The number of methoxy groups -OCH3 is 1. The molecule has 5 rings (SSSR count). The molecule has 29 heavy (non-hydrogen) atoms. The fourth-order valence-electron chi connectivity index (χ4n) is 4.07. The average molecular weight is 394 g/mol. The summed E-state index contributed by atoms with van der Waals surface area (Å²) in [5, 5.41) is 25.7. The van der Waals surface area contributed by atoms with Gasteiger partial charge in [0, 0.05) is 5.39 Å². The highest BCUT2D eigenvalue weighted by molar-refractivity contribution is 6.06. The smallest absolute Gasteiger partial charge is 0.132 e. The van der Waals surface area contributed by atoms with Crippen LogP contribution < -0.4 is 15.2 Å². The molecule has 0 amide bonds. The van der Waals surface area contributed by atoms with E-state index in [-0.39, 0.29) is 10.4 Å². The van der Waals surface area contributed by atoms with Gasteiger partial charge >= 0.3 is 0 Å². The number of hydrogen-bond acceptors (Lipinski definition) is 6. The molecule has 4 aromatic rings. The van der Waals surface area contributed by atoms with Crippen molar-refractivity contribution >= 4 is 27.3 Å². The number of imidazole rings is 1. The normalized spacial score (nSPS) is 17.5. The Bertz CT molecular complexity index is 1260. The molecule has 1 aliphatic heterocycles. The number of pyridine rings is 1. The summed E-state index contributed by atoms with van der Waals surface area (Å²) in [6.45, 7) is 3.11. The predicted molar refractivity (Wildman–Crippen MR) is 105 cm³/mol. The van der Waals surface area contributed by atoms with Crippen molar-refractivity contribution in [3.63, 3.8) is 0 Å². The Labute approximate surface area is 166 Å². The minimum atomic E-state index is -0.0875. The predicted octanol–water partition coefficient (Wildman–Crippen LogP) is 1.30. The van der Waals surface area contributed by atoms with Crippen molar-refractivity contribution in [2.75, 3.05) is 46.5 Å². The van der Waals surface area contributed by atoms with Gasteiger partial charge in [-0.15, -0.1) is 0 Å². The fourth-order valence-corrected chi connectivity index (χ4v) is 4.07. The maximum absolute atomic E-state index is 13.4. The zero-order valence-electron chi connectivity index (χ0n) is 16.2. The van der Waals surface area contributed by atoms with Crippen molar-refractivity contribution in [2.45, 2.75) is 0 Å². The molecule has 0 radical (unpaired) electrons. The Kier molecular flexibility index (Phi) is 4.27. The van der Waals surface area contributed by atoms with Crippen LogP contribution in [0.1, 0.15) is 0 Å². The molecule has 0 bridgehead atoms. The largest absolute Gasteiger partial charge is 0.871 e. The molecular weight excluding hydrogens is 372 g/mol. The molecule has 1 aliphatic rings. The summed E-state index contributed by atoms with van der Waals surface area (Å²) in [5.41, 5.74) is 2.32. The average Bonchev–Trinajstić information content (AvgIpc) is 3.17. The SMILES string of the molecule is COc1ccc2c(c1)c([O-])c1c(=NCC[N+]3(O)CCOCC3)ccc3ncn2c31. The second-order valence-corrected chi connectivity index (χ2v) is 7.41. The topological polar surface area (TPSA) is 91.4 Å². The number of hydroxylamine groups is 3. The first-order valence-corrected chi connectivity index (χ1v) is 9.67. The molecule has 2 aromatic heterocycles. The standard InChI is InChI=1S/C21H22N4O4/c1-28-14-2-5-18-15(12-14)21(26)19-16(3-4-17-20(19)24(18)13-23-17)22-6-7-25(27)8-10-29-11-9-25/h2-5,12-13,27H,6-11H2,1H3. The summed E-state index contributed by atoms with van der Waals surface area (Å²) in [6, 6.07) is 9.18. The molecule has 8 nitrogen and oxygen atoms in total. The highest BCUT2D eigenvalue weighted by Gasteiger charge is 2.28. The minimum absolute atomic E-state index is 0.0486. The molecule has 1 N–H and O–H groups in total. The Hall–Kier alpha value is -2.94. The van der Waals surface area contributed by atoms with Gasteiger partial charge in [0.05, 0.1) is 48.8 Å². The number of hydrogen-bond donors (Lipinski definition) is 1. The Balaban J connectivity index is 1.66. The van der Waals surface area contributed by atoms with Gasteiger partial charge in [0.15, 0.2) is 0 Å². The van der Waals surface area contributed by atoms with Crippen molar-refractivity contribution in [2.24, 2.45) is 4.99 Å². The van der Waals surface area contributed by atoms with E-state index in [1.807, 2.05) is 28.7 Å². The first-order valence-electron chi connectivity index (χ1n) is 9.67. The van der Waals surface area contributed by atoms with Crippen LogP contribution in [-0.4, -0.2) is 65.7 Å². The summed E-state index contributed by atoms with van der Waals surface area (Å²) < 4.78 is 12.5. The molecule has 0 spiro atoms. The molecule has 2 aromatic carbocycles. The molecule has 8 heteroatoms. The van der Waals surface area contributed by atoms with Crippen LogP contribution in [0.25, 0.3) is 27.3 Å². The first kappa shape index (κ1) is 18.1. The number of aromatic nitrogens is 2. The van der Waals surface area contributed by atoms with Gasteiger partial charge in [-0.25, -0.2) is 10.2 Å². The number of benzene rings is 2. The lowest BCUT2D eigenvalue weighted by atomic mass is 10.1. The molecule has 0 unspecified atom stereocenters. The third-order valence-electron chi connectivity index (χ3n) is 5.72. The molecule has 1 fully saturated rings. The second-order valence-electron chi connectivity index (χ2n) is 7.41. The van der Waals surface area contributed by atoms with Crippen LogP contribution in [0.5, 0.6) is 11.5 Å². The lowest BCUT2D eigenvalue weighted by Crippen LogP contribution is -2.53. The van der Waals surface area contributed by atoms with Crippen LogP contribution in [0, 0.1) is 0 Å². The summed E-state index contributed by atoms with van der Waals surface area (Å²) in [6.07, 6.45) is 1.73. The molecule has 0 saturated carbocycles. The fraction of sp³-hybridized carbons (Fsp3) is 0.333. The zero-order chi connectivity index (χ0) is 20.0. The maximum atomic E-state index is 13.4. The van der Waals surface area contributed by atoms with Crippen LogP contribution >= 0.6 is 0 Å². The third kappa shape index (κ3) is 2.96. The first-order chi connectivity index (χ1) is 14.1. The number of fused-ring (bicyclic) bond motifs is 2. The van der Waals surface area contributed by atoms with Crippen molar-refractivity contribution in [3.05, 3.63) is 42.0 Å².